The van der Waals surface area contributed by atoms with Crippen LogP contribution < -0.4 is 9.80 Å². The van der Waals surface area contributed by atoms with E-state index in [1.807, 2.05) is 0 Å². The van der Waals surface area contributed by atoms with E-state index in [4.69, 9.17) is 11.6 Å². The van der Waals surface area contributed by atoms with Crippen LogP contribution >= 0.6 is 11.6 Å². The molecule has 0 spiro atoms. The molecule has 4 heterocycles. The molecule has 4 rings (SSSR count). The summed E-state index contributed by atoms with van der Waals surface area (Å²) in [6.45, 7) is 2.63. The first-order valence-electron chi connectivity index (χ1n) is 8.00. The lowest BCUT2D eigenvalue weighted by molar-refractivity contribution is 0.584. The normalized spacial score (nSPS) is 20.4. The van der Waals surface area contributed by atoms with E-state index in [1.54, 1.807) is 0 Å². The first-order chi connectivity index (χ1) is 12.1. The van der Waals surface area contributed by atoms with E-state index in [2.05, 4.69) is 29.7 Å². The molecule has 2 aliphatic rings. The van der Waals surface area contributed by atoms with Crippen molar-refractivity contribution >= 4 is 56.6 Å². The van der Waals surface area contributed by atoms with Crippen molar-refractivity contribution in [2.45, 2.75) is 0 Å². The summed E-state index contributed by atoms with van der Waals surface area (Å²) in [5, 5.41) is 0.144. The van der Waals surface area contributed by atoms with Crippen molar-refractivity contribution in [1.29, 1.82) is 0 Å². The third-order valence-electron chi connectivity index (χ3n) is 4.37. The highest BCUT2D eigenvalue weighted by Crippen LogP contribution is 2.30. The van der Waals surface area contributed by atoms with Crippen LogP contribution in [0.3, 0.4) is 0 Å². The first-order valence-corrected chi connectivity index (χ1v) is 11.4. The number of hydrogen-bond acceptors (Lipinski definition) is 8. The molecule has 2 fully saturated rings. The largest absolute Gasteiger partial charge is 0.616 e. The molecule has 134 valence electrons. The third-order valence-corrected chi connectivity index (χ3v) is 7.09. The van der Waals surface area contributed by atoms with Gasteiger partial charge in [-0.2, -0.15) is 4.98 Å². The van der Waals surface area contributed by atoms with Gasteiger partial charge < -0.3 is 18.9 Å². The second-order valence-corrected chi connectivity index (χ2v) is 9.61. The molecule has 2 aromatic heterocycles. The van der Waals surface area contributed by atoms with Crippen molar-refractivity contribution < 1.29 is 9.11 Å². The van der Waals surface area contributed by atoms with Crippen LogP contribution in [0.5, 0.6) is 0 Å². The van der Waals surface area contributed by atoms with Crippen molar-refractivity contribution in [2.24, 2.45) is 0 Å². The molecular formula is C14H17ClN6O2S2. The summed E-state index contributed by atoms with van der Waals surface area (Å²) in [5.41, 5.74) is 1.26. The molecule has 0 atom stereocenters. The zero-order valence-corrected chi connectivity index (χ0v) is 15.8. The highest BCUT2D eigenvalue weighted by atomic mass is 35.5. The third kappa shape index (κ3) is 3.59. The molecule has 2 aliphatic heterocycles. The zero-order chi connectivity index (χ0) is 17.4. The summed E-state index contributed by atoms with van der Waals surface area (Å²) >= 11 is 4.64. The molecule has 25 heavy (non-hydrogen) atoms. The average Bonchev–Trinajstić information content (AvgIpc) is 2.62. The predicted octanol–water partition coefficient (Wildman–Crippen LogP) is 0.211. The Bertz CT molecular complexity index is 768. The summed E-state index contributed by atoms with van der Waals surface area (Å²) in [6, 6.07) is 0. The van der Waals surface area contributed by atoms with Gasteiger partial charge in [-0.25, -0.2) is 15.0 Å². The quantitative estimate of drug-likeness (QED) is 0.520. The van der Waals surface area contributed by atoms with Crippen LogP contribution in [0.4, 0.5) is 11.6 Å². The van der Waals surface area contributed by atoms with Gasteiger partial charge in [0.25, 0.3) is 0 Å². The summed E-state index contributed by atoms with van der Waals surface area (Å²) in [6.07, 6.45) is 1.51. The number of fused-ring (bicyclic) bond motifs is 1. The SMILES string of the molecule is [O-][S+]1CCN(c2nc(Cl)nc3c(N4CC[S+]([O-])CC4)ncnc23)CC1. The molecule has 0 N–H and O–H groups in total. The number of halogens is 1. The molecular weight excluding hydrogens is 384 g/mol. The minimum Gasteiger partial charge on any atom is -0.616 e. The molecule has 8 nitrogen and oxygen atoms in total. The lowest BCUT2D eigenvalue weighted by atomic mass is 10.3. The molecule has 0 aromatic carbocycles. The fourth-order valence-corrected chi connectivity index (χ4v) is 5.31. The maximum atomic E-state index is 11.6. The van der Waals surface area contributed by atoms with Crippen molar-refractivity contribution in [3.8, 4) is 0 Å². The second-order valence-electron chi connectivity index (χ2n) is 5.88. The average molecular weight is 401 g/mol. The second kappa shape index (κ2) is 7.28. The summed E-state index contributed by atoms with van der Waals surface area (Å²) in [5.74, 6) is 3.83. The van der Waals surface area contributed by atoms with E-state index in [1.165, 1.54) is 6.33 Å². The fraction of sp³-hybridized carbons (Fsp3) is 0.571. The maximum absolute atomic E-state index is 11.6. The molecule has 0 aliphatic carbocycles. The first kappa shape index (κ1) is 17.3. The molecule has 0 bridgehead atoms. The van der Waals surface area contributed by atoms with Crippen molar-refractivity contribution in [2.75, 3.05) is 59.0 Å². The van der Waals surface area contributed by atoms with Gasteiger partial charge in [0.1, 0.15) is 40.4 Å². The van der Waals surface area contributed by atoms with Crippen molar-refractivity contribution in [3.05, 3.63) is 11.6 Å². The molecule has 2 aromatic rings. The van der Waals surface area contributed by atoms with E-state index in [0.29, 0.717) is 71.9 Å². The van der Waals surface area contributed by atoms with Gasteiger partial charge in [0.05, 0.1) is 26.2 Å². The summed E-state index contributed by atoms with van der Waals surface area (Å²) in [4.78, 5) is 21.6. The molecule has 2 saturated heterocycles. The van der Waals surface area contributed by atoms with E-state index in [-0.39, 0.29) is 5.28 Å². The molecule has 0 saturated carbocycles. The Morgan fingerprint density at radius 1 is 0.800 bits per heavy atom. The zero-order valence-electron chi connectivity index (χ0n) is 13.4. The minimum absolute atomic E-state index is 0.144. The smallest absolute Gasteiger partial charge is 0.225 e. The van der Waals surface area contributed by atoms with Gasteiger partial charge in [-0.3, -0.25) is 0 Å². The van der Waals surface area contributed by atoms with Gasteiger partial charge in [0.15, 0.2) is 11.6 Å². The van der Waals surface area contributed by atoms with Crippen LogP contribution in [0.25, 0.3) is 11.0 Å². The Morgan fingerprint density at radius 2 is 1.36 bits per heavy atom. The Kier molecular flexibility index (Phi) is 5.05. The van der Waals surface area contributed by atoms with Gasteiger partial charge >= 0.3 is 0 Å². The Balaban J connectivity index is 1.74. The molecule has 0 radical (unpaired) electrons. The van der Waals surface area contributed by atoms with E-state index < -0.39 is 22.4 Å². The molecule has 0 unspecified atom stereocenters. The maximum Gasteiger partial charge on any atom is 0.225 e. The van der Waals surface area contributed by atoms with Crippen molar-refractivity contribution in [3.63, 3.8) is 0 Å². The van der Waals surface area contributed by atoms with Crippen LogP contribution in [-0.2, 0) is 22.4 Å². The van der Waals surface area contributed by atoms with Crippen molar-refractivity contribution in [1.82, 2.24) is 19.9 Å². The van der Waals surface area contributed by atoms with E-state index in [9.17, 15) is 9.11 Å². The van der Waals surface area contributed by atoms with Crippen LogP contribution in [0.15, 0.2) is 6.33 Å². The monoisotopic (exact) mass is 400 g/mol. The van der Waals surface area contributed by atoms with Gasteiger partial charge in [0.2, 0.25) is 5.28 Å². The lowest BCUT2D eigenvalue weighted by Gasteiger charge is -2.31. The van der Waals surface area contributed by atoms with Crippen LogP contribution in [0, 0.1) is 0 Å². The minimum atomic E-state index is -0.773. The van der Waals surface area contributed by atoms with Gasteiger partial charge in [-0.15, -0.1) is 0 Å². The van der Waals surface area contributed by atoms with Crippen LogP contribution in [0.1, 0.15) is 0 Å². The highest BCUT2D eigenvalue weighted by Gasteiger charge is 2.27. The Morgan fingerprint density at radius 3 is 1.96 bits per heavy atom. The number of hydrogen-bond donors (Lipinski definition) is 0. The fourth-order valence-electron chi connectivity index (χ4n) is 3.04. The number of nitrogens with zero attached hydrogens (tertiary/aromatic N) is 6. The number of anilines is 2. The number of rotatable bonds is 2. The van der Waals surface area contributed by atoms with Gasteiger partial charge in [-0.1, -0.05) is 22.4 Å². The van der Waals surface area contributed by atoms with Gasteiger partial charge in [0, 0.05) is 0 Å². The Labute approximate surface area is 156 Å². The van der Waals surface area contributed by atoms with Crippen LogP contribution in [-0.4, -0.2) is 78.2 Å². The van der Waals surface area contributed by atoms with Gasteiger partial charge in [-0.05, 0) is 11.6 Å². The standard InChI is InChI=1S/C14H17ClN6O2S2/c15-14-18-11-10(13(19-14)21-3-7-25(23)8-4-21)16-9-17-12(11)20-1-5-24(22)6-2-20/h9H,1-8H2. The Hall–Kier alpha value is -1.07. The number of aromatic nitrogens is 4. The van der Waals surface area contributed by atoms with E-state index in [0.717, 1.165) is 0 Å². The molecule has 0 amide bonds. The lowest BCUT2D eigenvalue weighted by Crippen LogP contribution is -2.41. The summed E-state index contributed by atoms with van der Waals surface area (Å²) < 4.78 is 23.2. The predicted molar refractivity (Wildman–Crippen MR) is 100 cm³/mol. The highest BCUT2D eigenvalue weighted by molar-refractivity contribution is 7.91. The van der Waals surface area contributed by atoms with E-state index >= 15 is 0 Å². The molecule has 11 heteroatoms. The van der Waals surface area contributed by atoms with Crippen LogP contribution in [0.2, 0.25) is 5.28 Å². The topological polar surface area (TPSA) is 104 Å². The summed E-state index contributed by atoms with van der Waals surface area (Å²) in [7, 11) is 0.